The summed E-state index contributed by atoms with van der Waals surface area (Å²) >= 11 is 5.95. The van der Waals surface area contributed by atoms with Crippen molar-refractivity contribution in [2.75, 3.05) is 5.32 Å². The van der Waals surface area contributed by atoms with E-state index in [0.717, 1.165) is 6.42 Å². The molecule has 0 fully saturated rings. The van der Waals surface area contributed by atoms with E-state index in [-0.39, 0.29) is 34.4 Å². The number of amides is 1. The van der Waals surface area contributed by atoms with Crippen LogP contribution in [-0.4, -0.2) is 23.0 Å². The van der Waals surface area contributed by atoms with Gasteiger partial charge in [-0.3, -0.25) is 4.79 Å². The van der Waals surface area contributed by atoms with E-state index < -0.39 is 5.97 Å². The second kappa shape index (κ2) is 6.91. The average Bonchev–Trinajstić information content (AvgIpc) is 2.28. The molecule has 0 radical (unpaired) electrons. The largest absolute Gasteiger partial charge is 0.478 e. The maximum absolute atomic E-state index is 11.9. The van der Waals surface area contributed by atoms with Crippen molar-refractivity contribution in [3.05, 3.63) is 28.8 Å². The number of halogens is 1. The van der Waals surface area contributed by atoms with Gasteiger partial charge in [-0.25, -0.2) is 4.79 Å². The Bertz CT molecular complexity index is 538. The zero-order chi connectivity index (χ0) is 16.2. The molecule has 1 atom stereocenters. The minimum absolute atomic E-state index is 0.0560. The second-order valence-corrected chi connectivity index (χ2v) is 6.68. The molecule has 0 bridgehead atoms. The molecular weight excluding hydrogens is 292 g/mol. The molecule has 5 nitrogen and oxygen atoms in total. The Morgan fingerprint density at radius 1 is 1.38 bits per heavy atom. The quantitative estimate of drug-likeness (QED) is 0.778. The van der Waals surface area contributed by atoms with Crippen LogP contribution in [0.2, 0.25) is 5.02 Å². The highest BCUT2D eigenvalue weighted by molar-refractivity contribution is 6.34. The zero-order valence-corrected chi connectivity index (χ0v) is 13.2. The minimum atomic E-state index is -1.07. The Labute approximate surface area is 129 Å². The normalized spacial score (nSPS) is 12.8. The van der Waals surface area contributed by atoms with Crippen LogP contribution >= 0.6 is 11.6 Å². The number of anilines is 1. The number of carboxylic acids is 1. The van der Waals surface area contributed by atoms with Crippen molar-refractivity contribution < 1.29 is 14.7 Å². The van der Waals surface area contributed by atoms with E-state index in [2.05, 4.69) is 26.1 Å². The topological polar surface area (TPSA) is 92.4 Å². The Hall–Kier alpha value is -1.59. The molecule has 0 aliphatic rings. The number of hydrogen-bond donors (Lipinski definition) is 3. The van der Waals surface area contributed by atoms with Crippen molar-refractivity contribution in [1.82, 2.24) is 0 Å². The molecule has 0 saturated heterocycles. The first-order chi connectivity index (χ1) is 9.58. The molecule has 4 N–H and O–H groups in total. The van der Waals surface area contributed by atoms with Gasteiger partial charge in [0.15, 0.2) is 0 Å². The van der Waals surface area contributed by atoms with Crippen LogP contribution in [0.5, 0.6) is 0 Å². The molecule has 21 heavy (non-hydrogen) atoms. The van der Waals surface area contributed by atoms with Gasteiger partial charge in [-0.05, 0) is 30.0 Å². The predicted octanol–water partition coefficient (Wildman–Crippen LogP) is 3.13. The summed E-state index contributed by atoms with van der Waals surface area (Å²) in [5, 5.41) is 11.7. The third-order valence-corrected chi connectivity index (χ3v) is 3.12. The predicted molar refractivity (Wildman–Crippen MR) is 83.7 cm³/mol. The van der Waals surface area contributed by atoms with Gasteiger partial charge >= 0.3 is 5.97 Å². The Balaban J connectivity index is 2.65. The van der Waals surface area contributed by atoms with Gasteiger partial charge < -0.3 is 16.2 Å². The van der Waals surface area contributed by atoms with Crippen LogP contribution in [0.1, 0.15) is 44.0 Å². The van der Waals surface area contributed by atoms with E-state index in [1.165, 1.54) is 18.2 Å². The number of carboxylic acid groups (broad SMARTS) is 1. The van der Waals surface area contributed by atoms with E-state index in [9.17, 15) is 9.59 Å². The monoisotopic (exact) mass is 312 g/mol. The molecule has 0 aromatic heterocycles. The fourth-order valence-electron chi connectivity index (χ4n) is 2.05. The fourth-order valence-corrected chi connectivity index (χ4v) is 2.28. The van der Waals surface area contributed by atoms with Crippen molar-refractivity contribution in [3.63, 3.8) is 0 Å². The second-order valence-electron chi connectivity index (χ2n) is 6.28. The molecule has 0 aliphatic heterocycles. The maximum Gasteiger partial charge on any atom is 0.335 e. The van der Waals surface area contributed by atoms with E-state index in [1.54, 1.807) is 0 Å². The molecule has 6 heteroatoms. The van der Waals surface area contributed by atoms with Crippen molar-refractivity contribution >= 4 is 29.2 Å². The average molecular weight is 313 g/mol. The van der Waals surface area contributed by atoms with E-state index >= 15 is 0 Å². The van der Waals surface area contributed by atoms with Gasteiger partial charge in [0.05, 0.1) is 16.3 Å². The van der Waals surface area contributed by atoms with E-state index in [0.29, 0.717) is 5.69 Å². The Morgan fingerprint density at radius 3 is 2.48 bits per heavy atom. The van der Waals surface area contributed by atoms with Gasteiger partial charge in [0.1, 0.15) is 0 Å². The van der Waals surface area contributed by atoms with Crippen LogP contribution in [0, 0.1) is 5.41 Å². The molecule has 1 aromatic carbocycles. The lowest BCUT2D eigenvalue weighted by Gasteiger charge is -2.22. The molecule has 1 rings (SSSR count). The molecule has 0 spiro atoms. The number of carbonyl (C=O) groups excluding carboxylic acids is 1. The van der Waals surface area contributed by atoms with Crippen LogP contribution < -0.4 is 11.1 Å². The van der Waals surface area contributed by atoms with Gasteiger partial charge in [-0.1, -0.05) is 32.4 Å². The summed E-state index contributed by atoms with van der Waals surface area (Å²) in [5.41, 5.74) is 6.46. The fraction of sp³-hybridized carbons (Fsp3) is 0.467. The molecule has 1 unspecified atom stereocenters. The number of benzene rings is 1. The highest BCUT2D eigenvalue weighted by Crippen LogP contribution is 2.24. The Morgan fingerprint density at radius 2 is 2.00 bits per heavy atom. The summed E-state index contributed by atoms with van der Waals surface area (Å²) in [4.78, 5) is 22.7. The third kappa shape index (κ3) is 6.14. The summed E-state index contributed by atoms with van der Waals surface area (Å²) in [7, 11) is 0. The minimum Gasteiger partial charge on any atom is -0.478 e. The van der Waals surface area contributed by atoms with Crippen LogP contribution in [0.3, 0.4) is 0 Å². The van der Waals surface area contributed by atoms with Crippen LogP contribution in [-0.2, 0) is 4.79 Å². The molecular formula is C15H21ClN2O3. The first-order valence-corrected chi connectivity index (χ1v) is 7.04. The lowest BCUT2D eigenvalue weighted by Crippen LogP contribution is -2.31. The van der Waals surface area contributed by atoms with Crippen LogP contribution in [0.15, 0.2) is 18.2 Å². The van der Waals surface area contributed by atoms with Crippen molar-refractivity contribution in [3.8, 4) is 0 Å². The molecule has 1 aromatic rings. The smallest absolute Gasteiger partial charge is 0.335 e. The van der Waals surface area contributed by atoms with Gasteiger partial charge in [0, 0.05) is 12.5 Å². The standard InChI is InChI=1S/C15H21ClN2O3/c1-15(2,3)8-10(17)7-13(19)18-12-5-4-9(14(20)21)6-11(12)16/h4-6,10H,7-8,17H2,1-3H3,(H,18,19)(H,20,21). The summed E-state index contributed by atoms with van der Waals surface area (Å²) in [6.07, 6.45) is 0.917. The van der Waals surface area contributed by atoms with Gasteiger partial charge in [-0.2, -0.15) is 0 Å². The highest BCUT2D eigenvalue weighted by Gasteiger charge is 2.18. The first kappa shape index (κ1) is 17.5. The summed E-state index contributed by atoms with van der Waals surface area (Å²) in [6.45, 7) is 6.19. The molecule has 0 heterocycles. The van der Waals surface area contributed by atoms with E-state index in [4.69, 9.17) is 22.4 Å². The number of nitrogens with two attached hydrogens (primary N) is 1. The van der Waals surface area contributed by atoms with Crippen LogP contribution in [0.25, 0.3) is 0 Å². The van der Waals surface area contributed by atoms with Gasteiger partial charge in [-0.15, -0.1) is 0 Å². The zero-order valence-electron chi connectivity index (χ0n) is 12.4. The summed E-state index contributed by atoms with van der Waals surface area (Å²) < 4.78 is 0. The lowest BCUT2D eigenvalue weighted by molar-refractivity contribution is -0.116. The maximum atomic E-state index is 11.9. The lowest BCUT2D eigenvalue weighted by atomic mass is 9.87. The van der Waals surface area contributed by atoms with E-state index in [1.807, 2.05) is 0 Å². The number of rotatable bonds is 5. The molecule has 0 saturated carbocycles. The molecule has 116 valence electrons. The SMILES string of the molecule is CC(C)(C)CC(N)CC(=O)Nc1ccc(C(=O)O)cc1Cl. The number of nitrogens with one attached hydrogen (secondary N) is 1. The number of carbonyl (C=O) groups is 2. The highest BCUT2D eigenvalue weighted by atomic mass is 35.5. The first-order valence-electron chi connectivity index (χ1n) is 6.67. The Kier molecular flexibility index (Phi) is 5.75. The van der Waals surface area contributed by atoms with Gasteiger partial charge in [0.25, 0.3) is 0 Å². The van der Waals surface area contributed by atoms with Crippen molar-refractivity contribution in [2.45, 2.75) is 39.7 Å². The number of aromatic carboxylic acids is 1. The molecule has 0 aliphatic carbocycles. The third-order valence-electron chi connectivity index (χ3n) is 2.81. The van der Waals surface area contributed by atoms with Crippen LogP contribution in [0.4, 0.5) is 5.69 Å². The van der Waals surface area contributed by atoms with Crippen molar-refractivity contribution in [1.29, 1.82) is 0 Å². The number of hydrogen-bond acceptors (Lipinski definition) is 3. The summed E-state index contributed by atoms with van der Waals surface area (Å²) in [6, 6.07) is 3.92. The van der Waals surface area contributed by atoms with Gasteiger partial charge in [0.2, 0.25) is 5.91 Å². The summed E-state index contributed by atoms with van der Waals surface area (Å²) in [5.74, 6) is -1.31. The van der Waals surface area contributed by atoms with Crippen molar-refractivity contribution in [2.24, 2.45) is 11.1 Å². The molecule has 1 amide bonds.